The van der Waals surface area contributed by atoms with E-state index in [0.29, 0.717) is 23.2 Å². The summed E-state index contributed by atoms with van der Waals surface area (Å²) in [4.78, 5) is 39.5. The van der Waals surface area contributed by atoms with Gasteiger partial charge in [0.15, 0.2) is 0 Å². The molecule has 1 amide bonds. The molecule has 0 bridgehead atoms. The Morgan fingerprint density at radius 3 is 2.33 bits per heavy atom. The highest BCUT2D eigenvalue weighted by Gasteiger charge is 2.15. The standard InChI is InChI=1S/C32H26N4O4/c1-35-29-16-13-24(30(37)34-19-21-9-14-26(40-2)15-10-21)17-28(29)31(38)36(32(35)39)20-22-7-11-23(12-8-22)27-6-4-3-5-25(27)18-33/h3-17H,19-20H2,1-2H3,(H,34,37). The number of ether oxygens (including phenoxy) is 1. The van der Waals surface area contributed by atoms with Gasteiger partial charge in [0.25, 0.3) is 11.5 Å². The minimum absolute atomic E-state index is 0.0650. The molecular formula is C32H26N4O4. The average Bonchev–Trinajstić information content (AvgIpc) is 3.01. The summed E-state index contributed by atoms with van der Waals surface area (Å²) in [6.45, 7) is 0.378. The third kappa shape index (κ3) is 5.13. The van der Waals surface area contributed by atoms with Crippen molar-refractivity contribution in [1.82, 2.24) is 14.5 Å². The lowest BCUT2D eigenvalue weighted by Crippen LogP contribution is -2.39. The highest BCUT2D eigenvalue weighted by Crippen LogP contribution is 2.23. The number of aryl methyl sites for hydroxylation is 1. The van der Waals surface area contributed by atoms with Crippen LogP contribution in [0.1, 0.15) is 27.0 Å². The molecule has 0 radical (unpaired) electrons. The van der Waals surface area contributed by atoms with Crippen LogP contribution in [0, 0.1) is 11.3 Å². The number of aromatic nitrogens is 2. The van der Waals surface area contributed by atoms with E-state index in [2.05, 4.69) is 11.4 Å². The van der Waals surface area contributed by atoms with Crippen LogP contribution in [0.5, 0.6) is 5.75 Å². The van der Waals surface area contributed by atoms with Crippen LogP contribution in [0.2, 0.25) is 0 Å². The maximum Gasteiger partial charge on any atom is 0.331 e. The Morgan fingerprint density at radius 1 is 0.925 bits per heavy atom. The molecule has 0 spiro atoms. The molecule has 8 nitrogen and oxygen atoms in total. The number of amides is 1. The third-order valence-corrected chi connectivity index (χ3v) is 6.88. The zero-order valence-electron chi connectivity index (χ0n) is 22.0. The zero-order valence-corrected chi connectivity index (χ0v) is 22.0. The largest absolute Gasteiger partial charge is 0.497 e. The van der Waals surface area contributed by atoms with E-state index in [-0.39, 0.29) is 17.8 Å². The second kappa shape index (κ2) is 11.1. The minimum atomic E-state index is -0.471. The molecule has 40 heavy (non-hydrogen) atoms. The van der Waals surface area contributed by atoms with E-state index in [4.69, 9.17) is 4.74 Å². The van der Waals surface area contributed by atoms with Crippen molar-refractivity contribution in [2.75, 3.05) is 7.11 Å². The Bertz CT molecular complexity index is 1880. The van der Waals surface area contributed by atoms with E-state index in [0.717, 1.165) is 28.0 Å². The third-order valence-electron chi connectivity index (χ3n) is 6.88. The highest BCUT2D eigenvalue weighted by atomic mass is 16.5. The van der Waals surface area contributed by atoms with Crippen molar-refractivity contribution in [2.45, 2.75) is 13.1 Å². The quantitative estimate of drug-likeness (QED) is 0.339. The lowest BCUT2D eigenvalue weighted by Gasteiger charge is -2.13. The van der Waals surface area contributed by atoms with Gasteiger partial charge in [0.05, 0.1) is 36.2 Å². The lowest BCUT2D eigenvalue weighted by atomic mass is 9.99. The second-order valence-corrected chi connectivity index (χ2v) is 9.35. The number of fused-ring (bicyclic) bond motifs is 1. The van der Waals surface area contributed by atoms with Gasteiger partial charge in [0.1, 0.15) is 5.75 Å². The maximum atomic E-state index is 13.5. The van der Waals surface area contributed by atoms with Crippen LogP contribution in [0.25, 0.3) is 22.0 Å². The number of hydrogen-bond donors (Lipinski definition) is 1. The summed E-state index contributed by atoms with van der Waals surface area (Å²) >= 11 is 0. The minimum Gasteiger partial charge on any atom is -0.497 e. The summed E-state index contributed by atoms with van der Waals surface area (Å²) in [5.41, 5.74) is 3.75. The van der Waals surface area contributed by atoms with E-state index in [1.807, 2.05) is 66.7 Å². The average molecular weight is 531 g/mol. The molecule has 0 atom stereocenters. The first-order chi connectivity index (χ1) is 19.4. The van der Waals surface area contributed by atoms with Gasteiger partial charge < -0.3 is 10.1 Å². The van der Waals surface area contributed by atoms with Gasteiger partial charge in [-0.1, -0.05) is 54.6 Å². The molecule has 0 saturated heterocycles. The first-order valence-electron chi connectivity index (χ1n) is 12.6. The Kier molecular flexibility index (Phi) is 7.29. The summed E-state index contributed by atoms with van der Waals surface area (Å²) in [6.07, 6.45) is 0. The van der Waals surface area contributed by atoms with E-state index in [1.165, 1.54) is 15.2 Å². The maximum absolute atomic E-state index is 13.5. The lowest BCUT2D eigenvalue weighted by molar-refractivity contribution is 0.0951. The van der Waals surface area contributed by atoms with Crippen LogP contribution in [-0.2, 0) is 20.1 Å². The van der Waals surface area contributed by atoms with Crippen molar-refractivity contribution >= 4 is 16.8 Å². The molecule has 198 valence electrons. The van der Waals surface area contributed by atoms with Gasteiger partial charge >= 0.3 is 5.69 Å². The van der Waals surface area contributed by atoms with Crippen molar-refractivity contribution in [3.05, 3.63) is 134 Å². The molecule has 0 aliphatic heterocycles. The number of carbonyl (C=O) groups is 1. The molecule has 4 aromatic carbocycles. The van der Waals surface area contributed by atoms with Crippen molar-refractivity contribution < 1.29 is 9.53 Å². The fraction of sp³-hybridized carbons (Fsp3) is 0.125. The summed E-state index contributed by atoms with van der Waals surface area (Å²) in [6, 6.07) is 29.0. The molecule has 1 N–H and O–H groups in total. The van der Waals surface area contributed by atoms with Crippen molar-refractivity contribution in [1.29, 1.82) is 5.26 Å². The van der Waals surface area contributed by atoms with E-state index in [9.17, 15) is 19.6 Å². The summed E-state index contributed by atoms with van der Waals surface area (Å²) in [5, 5.41) is 12.5. The molecule has 1 aromatic heterocycles. The number of nitrogens with one attached hydrogen (secondary N) is 1. The highest BCUT2D eigenvalue weighted by molar-refractivity contribution is 5.97. The first kappa shape index (κ1) is 26.2. The Hall–Kier alpha value is -5.42. The van der Waals surface area contributed by atoms with Gasteiger partial charge in [-0.25, -0.2) is 4.79 Å². The van der Waals surface area contributed by atoms with E-state index >= 15 is 0 Å². The van der Waals surface area contributed by atoms with Crippen molar-refractivity contribution in [3.8, 4) is 22.9 Å². The monoisotopic (exact) mass is 530 g/mol. The van der Waals surface area contributed by atoms with E-state index < -0.39 is 11.2 Å². The van der Waals surface area contributed by atoms with Crippen LogP contribution in [0.15, 0.2) is 101 Å². The van der Waals surface area contributed by atoms with Gasteiger partial charge in [-0.15, -0.1) is 0 Å². The van der Waals surface area contributed by atoms with Crippen molar-refractivity contribution in [2.24, 2.45) is 7.05 Å². The van der Waals surface area contributed by atoms with Gasteiger partial charge in [-0.05, 0) is 58.7 Å². The molecule has 0 unspecified atom stereocenters. The van der Waals surface area contributed by atoms with Crippen molar-refractivity contribution in [3.63, 3.8) is 0 Å². The summed E-state index contributed by atoms with van der Waals surface area (Å²) < 4.78 is 7.74. The van der Waals surface area contributed by atoms with Crippen LogP contribution < -0.4 is 21.3 Å². The van der Waals surface area contributed by atoms with E-state index in [1.54, 1.807) is 32.4 Å². The predicted octanol–water partition coefficient (Wildman–Crippen LogP) is 4.23. The fourth-order valence-corrected chi connectivity index (χ4v) is 4.63. The summed E-state index contributed by atoms with van der Waals surface area (Å²) in [7, 11) is 3.19. The number of methoxy groups -OCH3 is 1. The molecule has 1 heterocycles. The SMILES string of the molecule is COc1ccc(CNC(=O)c2ccc3c(c2)c(=O)n(Cc2ccc(-c4ccccc4C#N)cc2)c(=O)n3C)cc1. The molecule has 8 heteroatoms. The summed E-state index contributed by atoms with van der Waals surface area (Å²) in [5.74, 6) is 0.400. The smallest absolute Gasteiger partial charge is 0.331 e. The molecular weight excluding hydrogens is 504 g/mol. The molecule has 0 fully saturated rings. The van der Waals surface area contributed by atoms with Crippen LogP contribution >= 0.6 is 0 Å². The van der Waals surface area contributed by atoms with Crippen LogP contribution in [0.4, 0.5) is 0 Å². The van der Waals surface area contributed by atoms with Gasteiger partial charge in [0.2, 0.25) is 0 Å². The second-order valence-electron chi connectivity index (χ2n) is 9.35. The number of nitrogens with zero attached hydrogens (tertiary/aromatic N) is 3. The number of nitriles is 1. The fourth-order valence-electron chi connectivity index (χ4n) is 4.63. The number of carbonyl (C=O) groups excluding carboxylic acids is 1. The molecule has 0 aliphatic carbocycles. The van der Waals surface area contributed by atoms with Gasteiger partial charge in [-0.2, -0.15) is 5.26 Å². The normalized spacial score (nSPS) is 10.7. The molecule has 0 aliphatic rings. The number of benzene rings is 4. The topological polar surface area (TPSA) is 106 Å². The Morgan fingerprint density at radius 2 is 1.62 bits per heavy atom. The Labute approximate surface area is 230 Å². The zero-order chi connectivity index (χ0) is 28.2. The molecule has 5 aromatic rings. The Balaban J connectivity index is 1.41. The number of hydrogen-bond acceptors (Lipinski definition) is 5. The molecule has 0 saturated carbocycles. The first-order valence-corrected chi connectivity index (χ1v) is 12.6. The predicted molar refractivity (Wildman–Crippen MR) is 153 cm³/mol. The van der Waals surface area contributed by atoms with Gasteiger partial charge in [0, 0.05) is 19.2 Å². The molecule has 5 rings (SSSR count). The number of rotatable bonds is 7. The van der Waals surface area contributed by atoms with Gasteiger partial charge in [-0.3, -0.25) is 18.7 Å². The van der Waals surface area contributed by atoms with Crippen LogP contribution in [-0.4, -0.2) is 22.2 Å². The van der Waals surface area contributed by atoms with Crippen LogP contribution in [0.3, 0.4) is 0 Å².